The summed E-state index contributed by atoms with van der Waals surface area (Å²) in [7, 11) is 0. The normalized spacial score (nSPS) is 33.3. The predicted molar refractivity (Wildman–Crippen MR) is 108 cm³/mol. The van der Waals surface area contributed by atoms with Gasteiger partial charge in [0, 0.05) is 11.5 Å². The summed E-state index contributed by atoms with van der Waals surface area (Å²) in [5.41, 5.74) is 3.55. The van der Waals surface area contributed by atoms with Gasteiger partial charge >= 0.3 is 0 Å². The van der Waals surface area contributed by atoms with Gasteiger partial charge in [0.15, 0.2) is 0 Å². The number of aryl methyl sites for hydroxylation is 1. The van der Waals surface area contributed by atoms with Crippen LogP contribution in [0.15, 0.2) is 42.5 Å². The van der Waals surface area contributed by atoms with Crippen molar-refractivity contribution in [3.8, 4) is 5.75 Å². The molecular weight excluding hydrogens is 388 g/mol. The minimum atomic E-state index is -2.24. The zero-order valence-electron chi connectivity index (χ0n) is 16.8. The van der Waals surface area contributed by atoms with E-state index in [1.807, 2.05) is 37.3 Å². The van der Waals surface area contributed by atoms with E-state index < -0.39 is 36.8 Å². The van der Waals surface area contributed by atoms with Crippen molar-refractivity contribution in [3.63, 3.8) is 0 Å². The topological polar surface area (TPSA) is 120 Å². The maximum absolute atomic E-state index is 11.1. The Morgan fingerprint density at radius 1 is 1.07 bits per heavy atom. The Bertz CT molecular complexity index is 882. The van der Waals surface area contributed by atoms with E-state index in [9.17, 15) is 25.5 Å². The Balaban J connectivity index is 1.67. The van der Waals surface area contributed by atoms with E-state index in [0.29, 0.717) is 6.61 Å². The van der Waals surface area contributed by atoms with Crippen LogP contribution in [0.25, 0.3) is 0 Å². The maximum Gasteiger partial charge on any atom is 0.222 e. The summed E-state index contributed by atoms with van der Waals surface area (Å²) in [6, 6.07) is 13.3. The molecule has 4 rings (SSSR count). The third-order valence-corrected chi connectivity index (χ3v) is 6.20. The van der Waals surface area contributed by atoms with Crippen molar-refractivity contribution in [1.29, 1.82) is 0 Å². The van der Waals surface area contributed by atoms with Gasteiger partial charge in [0.05, 0.1) is 13.2 Å². The molecule has 1 heterocycles. The van der Waals surface area contributed by atoms with Gasteiger partial charge in [-0.25, -0.2) is 0 Å². The van der Waals surface area contributed by atoms with Gasteiger partial charge in [-0.3, -0.25) is 0 Å². The summed E-state index contributed by atoms with van der Waals surface area (Å²) in [5, 5.41) is 51.2. The molecule has 1 unspecified atom stereocenters. The minimum Gasteiger partial charge on any atom is -0.494 e. The number of hydrogen-bond acceptors (Lipinski definition) is 7. The fourth-order valence-corrected chi connectivity index (χ4v) is 4.53. The Morgan fingerprint density at radius 2 is 1.80 bits per heavy atom. The molecule has 2 aromatic rings. The Hall–Kier alpha value is -2.00. The molecule has 1 aliphatic heterocycles. The molecule has 7 heteroatoms. The van der Waals surface area contributed by atoms with Crippen LogP contribution in [0.1, 0.15) is 41.5 Å². The van der Waals surface area contributed by atoms with Crippen LogP contribution in [0.4, 0.5) is 0 Å². The molecule has 0 aromatic heterocycles. The number of hydrogen-bond donors (Lipinski definition) is 5. The first-order valence-corrected chi connectivity index (χ1v) is 10.3. The average Bonchev–Trinajstić information content (AvgIpc) is 3.19. The van der Waals surface area contributed by atoms with Crippen molar-refractivity contribution >= 4 is 0 Å². The van der Waals surface area contributed by atoms with E-state index in [-0.39, 0.29) is 11.5 Å². The molecule has 0 radical (unpaired) electrons. The largest absolute Gasteiger partial charge is 0.494 e. The molecule has 7 nitrogen and oxygen atoms in total. The van der Waals surface area contributed by atoms with Crippen LogP contribution in [0.3, 0.4) is 0 Å². The van der Waals surface area contributed by atoms with Crippen LogP contribution in [-0.4, -0.2) is 63.2 Å². The van der Waals surface area contributed by atoms with Crippen molar-refractivity contribution in [2.24, 2.45) is 0 Å². The fourth-order valence-electron chi connectivity index (χ4n) is 4.53. The number of ether oxygens (including phenoxy) is 2. The van der Waals surface area contributed by atoms with Gasteiger partial charge in [0.25, 0.3) is 0 Å². The molecule has 0 spiro atoms. The number of aliphatic hydroxyl groups is 5. The van der Waals surface area contributed by atoms with E-state index in [4.69, 9.17) is 9.47 Å². The van der Waals surface area contributed by atoms with Crippen molar-refractivity contribution in [3.05, 3.63) is 64.7 Å². The first-order chi connectivity index (χ1) is 14.4. The van der Waals surface area contributed by atoms with Crippen molar-refractivity contribution in [2.75, 3.05) is 13.2 Å². The molecule has 2 aromatic carbocycles. The molecule has 1 fully saturated rings. The third kappa shape index (κ3) is 3.51. The molecule has 0 saturated carbocycles. The van der Waals surface area contributed by atoms with Gasteiger partial charge in [0.2, 0.25) is 5.79 Å². The lowest BCUT2D eigenvalue weighted by Gasteiger charge is -2.45. The highest BCUT2D eigenvalue weighted by atomic mass is 16.7. The Morgan fingerprint density at radius 3 is 2.47 bits per heavy atom. The fraction of sp³-hybridized carbons (Fsp3) is 0.478. The van der Waals surface area contributed by atoms with Crippen molar-refractivity contribution in [1.82, 2.24) is 0 Å². The van der Waals surface area contributed by atoms with Crippen LogP contribution in [0.5, 0.6) is 5.75 Å². The highest BCUT2D eigenvalue weighted by Crippen LogP contribution is 2.43. The monoisotopic (exact) mass is 416 g/mol. The third-order valence-electron chi connectivity index (χ3n) is 6.20. The molecule has 30 heavy (non-hydrogen) atoms. The SMILES string of the molecule is CCOc1ccc(C2CCc3ccc([C@@]4(O)O[C@H](CO)[C@@H](O)[C@H](O)[C@H]4O)cc32)cc1. The summed E-state index contributed by atoms with van der Waals surface area (Å²) in [6.07, 6.45) is -4.35. The van der Waals surface area contributed by atoms with Gasteiger partial charge in [0.1, 0.15) is 30.2 Å². The van der Waals surface area contributed by atoms with E-state index >= 15 is 0 Å². The highest BCUT2D eigenvalue weighted by molar-refractivity contribution is 5.46. The van der Waals surface area contributed by atoms with Crippen LogP contribution in [0.2, 0.25) is 0 Å². The van der Waals surface area contributed by atoms with Crippen LogP contribution in [-0.2, 0) is 16.9 Å². The average molecular weight is 416 g/mol. The van der Waals surface area contributed by atoms with E-state index in [1.54, 1.807) is 12.1 Å². The number of rotatable bonds is 5. The van der Waals surface area contributed by atoms with Crippen molar-refractivity contribution in [2.45, 2.75) is 55.9 Å². The summed E-state index contributed by atoms with van der Waals surface area (Å²) >= 11 is 0. The van der Waals surface area contributed by atoms with Gasteiger partial charge in [-0.05, 0) is 54.7 Å². The second-order valence-electron chi connectivity index (χ2n) is 7.97. The standard InChI is InChI=1S/C23H28O7/c1-2-29-16-8-4-13(5-9-16)17-10-6-14-3-7-15(11-18(14)17)23(28)22(27)21(26)20(25)19(12-24)30-23/h3-5,7-9,11,17,19-22,24-28H,2,6,10,12H2,1H3/t17?,19-,20-,21+,22-,23-/m1/s1. The maximum atomic E-state index is 11.1. The lowest BCUT2D eigenvalue weighted by atomic mass is 9.85. The lowest BCUT2D eigenvalue weighted by Crippen LogP contribution is -2.63. The molecule has 1 saturated heterocycles. The lowest BCUT2D eigenvalue weighted by molar-refractivity contribution is -0.357. The van der Waals surface area contributed by atoms with E-state index in [0.717, 1.165) is 35.3 Å². The minimum absolute atomic E-state index is 0.115. The predicted octanol–water partition coefficient (Wildman–Crippen LogP) is 0.782. The summed E-state index contributed by atoms with van der Waals surface area (Å²) in [6.45, 7) is 1.94. The molecule has 0 amide bonds. The number of fused-ring (bicyclic) bond motifs is 1. The number of aliphatic hydroxyl groups excluding tert-OH is 4. The molecule has 2 aliphatic rings. The first-order valence-electron chi connectivity index (χ1n) is 10.3. The van der Waals surface area contributed by atoms with Gasteiger partial charge in [-0.2, -0.15) is 0 Å². The first kappa shape index (κ1) is 21.2. The van der Waals surface area contributed by atoms with Crippen LogP contribution >= 0.6 is 0 Å². The highest BCUT2D eigenvalue weighted by Gasteiger charge is 2.53. The van der Waals surface area contributed by atoms with Crippen molar-refractivity contribution < 1.29 is 35.0 Å². The zero-order chi connectivity index (χ0) is 21.5. The number of benzene rings is 2. The van der Waals surface area contributed by atoms with Gasteiger partial charge in [-0.1, -0.05) is 24.3 Å². The Kier molecular flexibility index (Phi) is 5.85. The molecule has 5 N–H and O–H groups in total. The molecule has 6 atom stereocenters. The summed E-state index contributed by atoms with van der Waals surface area (Å²) < 4.78 is 11.0. The van der Waals surface area contributed by atoms with E-state index in [1.165, 1.54) is 0 Å². The van der Waals surface area contributed by atoms with Crippen LogP contribution < -0.4 is 4.74 Å². The quantitative estimate of drug-likeness (QED) is 0.489. The molecular formula is C23H28O7. The second kappa shape index (κ2) is 8.26. The zero-order valence-corrected chi connectivity index (χ0v) is 16.8. The second-order valence-corrected chi connectivity index (χ2v) is 7.97. The van der Waals surface area contributed by atoms with Gasteiger partial charge in [-0.15, -0.1) is 0 Å². The smallest absolute Gasteiger partial charge is 0.222 e. The van der Waals surface area contributed by atoms with E-state index in [2.05, 4.69) is 0 Å². The molecule has 0 bridgehead atoms. The van der Waals surface area contributed by atoms with Crippen LogP contribution in [0, 0.1) is 0 Å². The summed E-state index contributed by atoms with van der Waals surface area (Å²) in [4.78, 5) is 0. The molecule has 162 valence electrons. The Labute approximate surface area is 175 Å². The van der Waals surface area contributed by atoms with Gasteiger partial charge < -0.3 is 35.0 Å². The molecule has 1 aliphatic carbocycles. The summed E-state index contributed by atoms with van der Waals surface area (Å²) in [5.74, 6) is -1.32.